The van der Waals surface area contributed by atoms with E-state index in [4.69, 9.17) is 17.2 Å². The van der Waals surface area contributed by atoms with Crippen molar-refractivity contribution < 1.29 is 9.88 Å². The van der Waals surface area contributed by atoms with Gasteiger partial charge in [-0.3, -0.25) is 17.2 Å². The first-order valence-electron chi connectivity index (χ1n) is 1.47. The van der Waals surface area contributed by atoms with E-state index < -0.39 is 5.97 Å². The van der Waals surface area contributed by atoms with Crippen molar-refractivity contribution in [1.82, 2.24) is 0 Å². The van der Waals surface area contributed by atoms with Crippen LogP contribution in [0.2, 0.25) is 0 Å². The Labute approximate surface area is 40.2 Å². The second-order valence-corrected chi connectivity index (χ2v) is 1.03. The number of nitrogens with two attached hydrogens (primary N) is 4. The van der Waals surface area contributed by atoms with E-state index in [1.54, 1.807) is 0 Å². The van der Waals surface area contributed by atoms with Gasteiger partial charge in [-0.1, -0.05) is 0 Å². The molecule has 0 bridgehead atoms. The Morgan fingerprint density at radius 1 is 1.14 bits per heavy atom. The molecule has 0 aliphatic heterocycles. The van der Waals surface area contributed by atoms with Crippen molar-refractivity contribution in [3.05, 3.63) is 0 Å². The lowest BCUT2D eigenvalue weighted by molar-refractivity contribution is -0.363. The Bertz CT molecular complexity index is 48.1. The molecule has 7 heavy (non-hydrogen) atoms. The molecule has 0 aromatic rings. The molecule has 8 N–H and O–H groups in total. The highest BCUT2D eigenvalue weighted by Crippen LogP contribution is 1.76. The van der Waals surface area contributed by atoms with E-state index in [1.807, 2.05) is 0 Å². The van der Waals surface area contributed by atoms with Crippen molar-refractivity contribution in [1.29, 1.82) is 0 Å². The summed E-state index contributed by atoms with van der Waals surface area (Å²) in [7, 11) is 0. The predicted octanol–water partition coefficient (Wildman–Crippen LogP) is -2.70. The Balaban J connectivity index is 3.15. The van der Waals surface area contributed by atoms with Crippen LogP contribution in [-0.4, -0.2) is 5.97 Å². The largest absolute Gasteiger partial charge is 0.275 e. The summed E-state index contributed by atoms with van der Waals surface area (Å²) in [5, 5.41) is 0. The minimum atomic E-state index is -1.80. The average Bonchev–Trinajstić information content (AvgIpc) is 1.30. The number of rotatable bonds is 2. The topological polar surface area (TPSA) is 123 Å². The van der Waals surface area contributed by atoms with E-state index in [9.17, 15) is 0 Å². The summed E-state index contributed by atoms with van der Waals surface area (Å²) in [6.45, 7) is 0. The van der Waals surface area contributed by atoms with Gasteiger partial charge in [0.15, 0.2) is 0 Å². The molecule has 0 fully saturated rings. The smallest absolute Gasteiger partial charge is 0.260 e. The fraction of sp³-hybridized carbons (Fsp3) is 1.00. The van der Waals surface area contributed by atoms with Crippen LogP contribution in [0.4, 0.5) is 0 Å². The van der Waals surface area contributed by atoms with E-state index in [-0.39, 0.29) is 0 Å². The zero-order chi connectivity index (χ0) is 5.91. The molecule has 6 nitrogen and oxygen atoms in total. The van der Waals surface area contributed by atoms with Crippen molar-refractivity contribution in [3.8, 4) is 0 Å². The maximum absolute atomic E-state index is 4.77. The van der Waals surface area contributed by atoms with Gasteiger partial charge in [0.1, 0.15) is 0 Å². The summed E-state index contributed by atoms with van der Waals surface area (Å²) in [6.07, 6.45) is 0. The fourth-order valence-corrected chi connectivity index (χ4v) is 0.0833. The Kier molecular flexibility index (Phi) is 2.09. The van der Waals surface area contributed by atoms with Crippen molar-refractivity contribution in [2.24, 2.45) is 23.1 Å². The third kappa shape index (κ3) is 5.76. The molecule has 0 saturated heterocycles. The van der Waals surface area contributed by atoms with Crippen LogP contribution in [0.3, 0.4) is 0 Å². The van der Waals surface area contributed by atoms with Gasteiger partial charge in [-0.15, -0.1) is 4.99 Å². The van der Waals surface area contributed by atoms with Crippen LogP contribution in [0.5, 0.6) is 0 Å². The van der Waals surface area contributed by atoms with Crippen LogP contribution in [0, 0.1) is 0 Å². The summed E-state index contributed by atoms with van der Waals surface area (Å²) in [6, 6.07) is 0. The Hall–Kier alpha value is -0.240. The molecule has 0 rings (SSSR count). The number of hydrogen-bond acceptors (Lipinski definition) is 6. The first kappa shape index (κ1) is 6.76. The maximum Gasteiger partial charge on any atom is 0.260 e. The fourth-order valence-electron chi connectivity index (χ4n) is 0.0833. The van der Waals surface area contributed by atoms with Crippen LogP contribution in [0.1, 0.15) is 0 Å². The Morgan fingerprint density at radius 2 is 1.57 bits per heavy atom. The molecule has 6 heteroatoms. The second kappa shape index (κ2) is 2.17. The van der Waals surface area contributed by atoms with Crippen LogP contribution < -0.4 is 23.1 Å². The molecule has 0 unspecified atom stereocenters. The van der Waals surface area contributed by atoms with E-state index in [0.29, 0.717) is 0 Å². The molecule has 0 spiro atoms. The summed E-state index contributed by atoms with van der Waals surface area (Å²) in [5.74, 6) is 2.56. The van der Waals surface area contributed by atoms with Crippen LogP contribution in [0.25, 0.3) is 0 Å². The highest BCUT2D eigenvalue weighted by atomic mass is 17.3. The van der Waals surface area contributed by atoms with E-state index in [2.05, 4.69) is 15.8 Å². The number of hydrogen-bond donors (Lipinski definition) is 4. The van der Waals surface area contributed by atoms with Crippen LogP contribution in [-0.2, 0) is 9.88 Å². The van der Waals surface area contributed by atoms with Gasteiger partial charge in [-0.05, 0) is 0 Å². The highest BCUT2D eigenvalue weighted by Gasteiger charge is 2.11. The maximum atomic E-state index is 4.77. The first-order chi connectivity index (χ1) is 3.06. The Morgan fingerprint density at radius 3 is 1.57 bits per heavy atom. The molecule has 0 aliphatic carbocycles. The van der Waals surface area contributed by atoms with E-state index in [0.717, 1.165) is 0 Å². The molecule has 0 heterocycles. The van der Waals surface area contributed by atoms with E-state index in [1.165, 1.54) is 0 Å². The normalized spacial score (nSPS) is 12.0. The molecular weight excluding hydrogens is 100 g/mol. The second-order valence-electron chi connectivity index (χ2n) is 1.03. The van der Waals surface area contributed by atoms with Crippen molar-refractivity contribution in [3.63, 3.8) is 0 Å². The monoisotopic (exact) mass is 108 g/mol. The molecule has 0 atom stereocenters. The van der Waals surface area contributed by atoms with Crippen molar-refractivity contribution in [2.45, 2.75) is 5.97 Å². The van der Waals surface area contributed by atoms with Gasteiger partial charge < -0.3 is 0 Å². The molecule has 0 aliphatic rings. The van der Waals surface area contributed by atoms with Crippen LogP contribution >= 0.6 is 0 Å². The molecule has 0 radical (unpaired) electrons. The lowest BCUT2D eigenvalue weighted by atomic mass is 10.9. The lowest BCUT2D eigenvalue weighted by Crippen LogP contribution is -2.60. The zero-order valence-electron chi connectivity index (χ0n) is 3.63. The van der Waals surface area contributed by atoms with Gasteiger partial charge in [0.05, 0.1) is 0 Å². The minimum absolute atomic E-state index is 1.80. The molecule has 0 amide bonds. The van der Waals surface area contributed by atoms with Crippen LogP contribution in [0.15, 0.2) is 0 Å². The third-order valence-electron chi connectivity index (χ3n) is 0.192. The average molecular weight is 108 g/mol. The van der Waals surface area contributed by atoms with Crippen molar-refractivity contribution >= 4 is 0 Å². The zero-order valence-corrected chi connectivity index (χ0v) is 3.63. The SMILES string of the molecule is NOOC(N)(N)N. The van der Waals surface area contributed by atoms with E-state index >= 15 is 0 Å². The van der Waals surface area contributed by atoms with Gasteiger partial charge in [-0.25, -0.2) is 0 Å². The van der Waals surface area contributed by atoms with Gasteiger partial charge in [-0.2, -0.15) is 10.8 Å². The summed E-state index contributed by atoms with van der Waals surface area (Å²) in [4.78, 5) is 7.37. The molecule has 0 saturated carbocycles. The molecule has 0 aromatic heterocycles. The molecule has 44 valence electrons. The first-order valence-corrected chi connectivity index (χ1v) is 1.47. The highest BCUT2D eigenvalue weighted by molar-refractivity contribution is 4.44. The summed E-state index contributed by atoms with van der Waals surface area (Å²) >= 11 is 0. The summed E-state index contributed by atoms with van der Waals surface area (Å²) in [5.41, 5.74) is 14.3. The quantitative estimate of drug-likeness (QED) is 0.173. The lowest BCUT2D eigenvalue weighted by Gasteiger charge is -2.13. The van der Waals surface area contributed by atoms with Gasteiger partial charge in [0.25, 0.3) is 5.97 Å². The minimum Gasteiger partial charge on any atom is -0.275 e. The summed E-state index contributed by atoms with van der Waals surface area (Å²) < 4.78 is 0. The van der Waals surface area contributed by atoms with Gasteiger partial charge in [0, 0.05) is 0 Å². The molecular formula is CH8N4O2. The third-order valence-corrected chi connectivity index (χ3v) is 0.192. The molecule has 0 aromatic carbocycles. The van der Waals surface area contributed by atoms with Gasteiger partial charge >= 0.3 is 0 Å². The van der Waals surface area contributed by atoms with Crippen molar-refractivity contribution in [2.75, 3.05) is 0 Å². The standard InChI is InChI=1S/CH8N4O2/c2-1(3,4)6-7-5/h2-5H2. The predicted molar refractivity (Wildman–Crippen MR) is 21.7 cm³/mol. The van der Waals surface area contributed by atoms with Gasteiger partial charge in [0.2, 0.25) is 0 Å².